The van der Waals surface area contributed by atoms with E-state index in [1.54, 1.807) is 31.2 Å². The Morgan fingerprint density at radius 1 is 0.829 bits per heavy atom. The van der Waals surface area contributed by atoms with Crippen molar-refractivity contribution in [2.24, 2.45) is 11.8 Å². The molecular formula is C26H34N4O5. The van der Waals surface area contributed by atoms with Gasteiger partial charge in [0, 0.05) is 35.4 Å². The highest BCUT2D eigenvalue weighted by molar-refractivity contribution is 6.00. The van der Waals surface area contributed by atoms with Gasteiger partial charge in [-0.2, -0.15) is 0 Å². The molecule has 9 heteroatoms. The number of amides is 4. The lowest BCUT2D eigenvalue weighted by Gasteiger charge is -2.21. The number of hydrogen-bond acceptors (Lipinski definition) is 4. The van der Waals surface area contributed by atoms with E-state index >= 15 is 0 Å². The van der Waals surface area contributed by atoms with Gasteiger partial charge in [0.25, 0.3) is 0 Å². The Labute approximate surface area is 205 Å². The van der Waals surface area contributed by atoms with Crippen molar-refractivity contribution in [2.75, 3.05) is 16.0 Å². The highest BCUT2D eigenvalue weighted by atomic mass is 16.4. The average molecular weight is 483 g/mol. The topological polar surface area (TPSA) is 137 Å². The number of rotatable bonds is 11. The molecule has 35 heavy (non-hydrogen) atoms. The average Bonchev–Trinajstić information content (AvgIpc) is 2.75. The molecule has 0 aliphatic rings. The fourth-order valence-electron chi connectivity index (χ4n) is 3.60. The molecule has 2 unspecified atom stereocenters. The number of nitrogens with one attached hydrogen (secondary N) is 4. The van der Waals surface area contributed by atoms with Gasteiger partial charge in [-0.05, 0) is 62.1 Å². The molecule has 5 N–H and O–H groups in total. The summed E-state index contributed by atoms with van der Waals surface area (Å²) >= 11 is 0. The Bertz CT molecular complexity index is 1040. The normalized spacial score (nSPS) is 12.4. The molecule has 9 nitrogen and oxygen atoms in total. The lowest BCUT2D eigenvalue weighted by atomic mass is 9.92. The van der Waals surface area contributed by atoms with E-state index in [1.807, 2.05) is 45.0 Å². The van der Waals surface area contributed by atoms with Crippen LogP contribution in [0.3, 0.4) is 0 Å². The van der Waals surface area contributed by atoms with Crippen molar-refractivity contribution in [3.63, 3.8) is 0 Å². The number of benzene rings is 2. The van der Waals surface area contributed by atoms with Crippen LogP contribution >= 0.6 is 0 Å². The van der Waals surface area contributed by atoms with Crippen molar-refractivity contribution in [3.05, 3.63) is 54.1 Å². The standard InChI is InChI=1S/C26H34N4O5/c1-16(2)13-19(25(34)27-18(4)14-24(32)33)15-23(31)28-20-9-11-21(12-10-20)29-26(35)30-22-8-6-5-7-17(22)3/h5-12,16,18-19H,13-15H2,1-4H3,(H,27,34)(H,28,31)(H,32,33)(H2,29,30,35). The molecule has 0 heterocycles. The van der Waals surface area contributed by atoms with Gasteiger partial charge in [0.2, 0.25) is 11.8 Å². The van der Waals surface area contributed by atoms with Crippen molar-refractivity contribution in [1.82, 2.24) is 5.32 Å². The van der Waals surface area contributed by atoms with E-state index in [2.05, 4.69) is 21.3 Å². The number of anilines is 3. The first kappa shape index (κ1) is 27.4. The first-order valence-corrected chi connectivity index (χ1v) is 11.6. The SMILES string of the molecule is Cc1ccccc1NC(=O)Nc1ccc(NC(=O)CC(CC(C)C)C(=O)NC(C)CC(=O)O)cc1. The number of urea groups is 1. The summed E-state index contributed by atoms with van der Waals surface area (Å²) in [6.07, 6.45) is 0.288. The van der Waals surface area contributed by atoms with Crippen molar-refractivity contribution in [1.29, 1.82) is 0 Å². The predicted molar refractivity (Wildman–Crippen MR) is 136 cm³/mol. The van der Waals surface area contributed by atoms with Gasteiger partial charge in [0.1, 0.15) is 0 Å². The molecule has 2 aromatic carbocycles. The molecule has 2 atom stereocenters. The molecule has 0 fully saturated rings. The maximum atomic E-state index is 12.6. The minimum Gasteiger partial charge on any atom is -0.481 e. The lowest BCUT2D eigenvalue weighted by molar-refractivity contribution is -0.138. The summed E-state index contributed by atoms with van der Waals surface area (Å²) in [4.78, 5) is 48.3. The predicted octanol–water partition coefficient (Wildman–Crippen LogP) is 4.61. The second-order valence-corrected chi connectivity index (χ2v) is 9.06. The van der Waals surface area contributed by atoms with Crippen molar-refractivity contribution in [2.45, 2.75) is 53.0 Å². The van der Waals surface area contributed by atoms with Gasteiger partial charge in [-0.1, -0.05) is 32.0 Å². The molecule has 0 aromatic heterocycles. The zero-order chi connectivity index (χ0) is 26.0. The molecule has 0 aliphatic heterocycles. The third-order valence-electron chi connectivity index (χ3n) is 5.25. The third kappa shape index (κ3) is 9.87. The smallest absolute Gasteiger partial charge is 0.323 e. The molecule has 0 saturated carbocycles. The number of aryl methyl sites for hydroxylation is 1. The molecule has 2 aromatic rings. The molecule has 0 bridgehead atoms. The summed E-state index contributed by atoms with van der Waals surface area (Å²) in [5.74, 6) is -2.04. The van der Waals surface area contributed by atoms with Crippen molar-refractivity contribution >= 4 is 40.9 Å². The van der Waals surface area contributed by atoms with Crippen molar-refractivity contribution in [3.8, 4) is 0 Å². The van der Waals surface area contributed by atoms with Crippen LogP contribution in [0.1, 0.15) is 45.6 Å². The number of carbonyl (C=O) groups excluding carboxylic acids is 3. The van der Waals surface area contributed by atoms with Crippen LogP contribution in [0.4, 0.5) is 21.9 Å². The highest BCUT2D eigenvalue weighted by Gasteiger charge is 2.24. The van der Waals surface area contributed by atoms with Gasteiger partial charge in [-0.3, -0.25) is 14.4 Å². The van der Waals surface area contributed by atoms with Crippen LogP contribution in [-0.4, -0.2) is 35.0 Å². The van der Waals surface area contributed by atoms with E-state index in [9.17, 15) is 19.2 Å². The first-order valence-electron chi connectivity index (χ1n) is 11.6. The van der Waals surface area contributed by atoms with Gasteiger partial charge in [-0.25, -0.2) is 4.79 Å². The fraction of sp³-hybridized carbons (Fsp3) is 0.385. The van der Waals surface area contributed by atoms with E-state index in [0.29, 0.717) is 23.5 Å². The van der Waals surface area contributed by atoms with Crippen LogP contribution in [0, 0.1) is 18.8 Å². The van der Waals surface area contributed by atoms with Crippen LogP contribution < -0.4 is 21.3 Å². The Balaban J connectivity index is 1.92. The van der Waals surface area contributed by atoms with Crippen LogP contribution in [0.15, 0.2) is 48.5 Å². The van der Waals surface area contributed by atoms with Crippen LogP contribution in [0.5, 0.6) is 0 Å². The summed E-state index contributed by atoms with van der Waals surface area (Å²) in [6.45, 7) is 7.44. The van der Waals surface area contributed by atoms with Crippen LogP contribution in [-0.2, 0) is 14.4 Å². The molecule has 0 saturated heterocycles. The van der Waals surface area contributed by atoms with E-state index in [4.69, 9.17) is 5.11 Å². The quantitative estimate of drug-likeness (QED) is 0.319. The monoisotopic (exact) mass is 482 g/mol. The second-order valence-electron chi connectivity index (χ2n) is 9.06. The number of carboxylic acids is 1. The third-order valence-corrected chi connectivity index (χ3v) is 5.25. The van der Waals surface area contributed by atoms with Crippen LogP contribution in [0.25, 0.3) is 0 Å². The number of hydrogen-bond donors (Lipinski definition) is 5. The zero-order valence-corrected chi connectivity index (χ0v) is 20.6. The van der Waals surface area contributed by atoms with Gasteiger partial charge in [0.15, 0.2) is 0 Å². The van der Waals surface area contributed by atoms with E-state index < -0.39 is 17.9 Å². The van der Waals surface area contributed by atoms with E-state index in [1.165, 1.54) is 0 Å². The maximum absolute atomic E-state index is 12.6. The summed E-state index contributed by atoms with van der Waals surface area (Å²) in [5.41, 5.74) is 2.74. The Morgan fingerprint density at radius 3 is 2.00 bits per heavy atom. The zero-order valence-electron chi connectivity index (χ0n) is 20.6. The maximum Gasteiger partial charge on any atom is 0.323 e. The molecular weight excluding hydrogens is 448 g/mol. The molecule has 0 spiro atoms. The van der Waals surface area contributed by atoms with Gasteiger partial charge < -0.3 is 26.4 Å². The fourth-order valence-corrected chi connectivity index (χ4v) is 3.60. The lowest BCUT2D eigenvalue weighted by Crippen LogP contribution is -2.40. The summed E-state index contributed by atoms with van der Waals surface area (Å²) < 4.78 is 0. The summed E-state index contributed by atoms with van der Waals surface area (Å²) in [7, 11) is 0. The summed E-state index contributed by atoms with van der Waals surface area (Å²) in [5, 5.41) is 19.9. The minimum atomic E-state index is -0.999. The largest absolute Gasteiger partial charge is 0.481 e. The Morgan fingerprint density at radius 2 is 1.43 bits per heavy atom. The number of carbonyl (C=O) groups is 4. The summed E-state index contributed by atoms with van der Waals surface area (Å²) in [6, 6.07) is 13.2. The molecule has 0 radical (unpaired) electrons. The van der Waals surface area contributed by atoms with Crippen molar-refractivity contribution < 1.29 is 24.3 Å². The minimum absolute atomic E-state index is 0.0252. The molecule has 4 amide bonds. The first-order chi connectivity index (χ1) is 16.5. The molecule has 2 rings (SSSR count). The van der Waals surface area contributed by atoms with E-state index in [-0.39, 0.29) is 36.6 Å². The number of carboxylic acid groups (broad SMARTS) is 1. The second kappa shape index (κ2) is 13.1. The number of aliphatic carboxylic acids is 1. The molecule has 188 valence electrons. The van der Waals surface area contributed by atoms with Gasteiger partial charge in [-0.15, -0.1) is 0 Å². The number of para-hydroxylation sites is 1. The van der Waals surface area contributed by atoms with Crippen LogP contribution in [0.2, 0.25) is 0 Å². The Kier molecular flexibility index (Phi) is 10.3. The van der Waals surface area contributed by atoms with Gasteiger partial charge in [0.05, 0.1) is 6.42 Å². The molecule has 0 aliphatic carbocycles. The van der Waals surface area contributed by atoms with Gasteiger partial charge >= 0.3 is 12.0 Å². The van der Waals surface area contributed by atoms with E-state index in [0.717, 1.165) is 5.56 Å². The Hall–Kier alpha value is -3.88. The highest BCUT2D eigenvalue weighted by Crippen LogP contribution is 2.20.